The summed E-state index contributed by atoms with van der Waals surface area (Å²) in [5.41, 5.74) is 2.71. The minimum atomic E-state index is -0.604. The van der Waals surface area contributed by atoms with Crippen LogP contribution in [-0.4, -0.2) is 19.5 Å². The van der Waals surface area contributed by atoms with Crippen molar-refractivity contribution >= 4 is 34.0 Å². The number of aldehydes is 1. The molecule has 2 rings (SSSR count). The monoisotopic (exact) mass is 391 g/mol. The molecule has 0 unspecified atom stereocenters. The Balaban J connectivity index is 2.25. The smallest absolute Gasteiger partial charge is 0.411 e. The fourth-order valence-electron chi connectivity index (χ4n) is 2.19. The number of benzene rings is 2. The highest BCUT2D eigenvalue weighted by atomic mass is 79.9. The number of ether oxygens (including phenoxy) is 2. The van der Waals surface area contributed by atoms with Crippen molar-refractivity contribution in [2.24, 2.45) is 0 Å². The van der Waals surface area contributed by atoms with Crippen LogP contribution in [0, 0.1) is 0 Å². The summed E-state index contributed by atoms with van der Waals surface area (Å²) < 4.78 is 11.3. The second kappa shape index (κ2) is 8.49. The number of halogens is 1. The van der Waals surface area contributed by atoms with Crippen LogP contribution in [0.4, 0.5) is 10.5 Å². The average Bonchev–Trinajstić information content (AvgIpc) is 2.60. The maximum atomic E-state index is 11.5. The summed E-state index contributed by atoms with van der Waals surface area (Å²) in [6, 6.07) is 10.9. The van der Waals surface area contributed by atoms with E-state index >= 15 is 0 Å². The van der Waals surface area contributed by atoms with Crippen LogP contribution in [-0.2, 0) is 17.8 Å². The first-order valence-corrected chi connectivity index (χ1v) is 8.21. The van der Waals surface area contributed by atoms with Gasteiger partial charge in [0.05, 0.1) is 17.3 Å². The number of carbonyl (C=O) groups excluding carboxylic acids is 2. The molecule has 24 heavy (non-hydrogen) atoms. The predicted molar refractivity (Wildman–Crippen MR) is 95.7 cm³/mol. The predicted octanol–water partition coefficient (Wildman–Crippen LogP) is 4.58. The number of hydrogen-bond donors (Lipinski definition) is 1. The van der Waals surface area contributed by atoms with Crippen molar-refractivity contribution in [2.75, 3.05) is 12.4 Å². The van der Waals surface area contributed by atoms with E-state index in [0.717, 1.165) is 17.2 Å². The molecule has 0 spiro atoms. The van der Waals surface area contributed by atoms with Gasteiger partial charge in [0.1, 0.15) is 12.4 Å². The summed E-state index contributed by atoms with van der Waals surface area (Å²) in [5, 5.41) is 2.59. The van der Waals surface area contributed by atoms with Crippen LogP contribution in [0.15, 0.2) is 40.9 Å². The largest absolute Gasteiger partial charge is 0.488 e. The standard InChI is InChI=1S/C18H18BrNO4/c1-3-12-7-8-17(15(19)9-12)24-11-14-13(10-21)5-4-6-16(14)20-18(22)23-2/h4-10H,3,11H2,1-2H3,(H,20,22). The molecule has 5 nitrogen and oxygen atoms in total. The Hall–Kier alpha value is -2.34. The Morgan fingerprint density at radius 3 is 2.71 bits per heavy atom. The molecule has 0 saturated carbocycles. The molecule has 2 aromatic rings. The molecule has 0 aliphatic rings. The first-order valence-electron chi connectivity index (χ1n) is 7.42. The Labute approximate surface area is 149 Å². The van der Waals surface area contributed by atoms with E-state index in [9.17, 15) is 9.59 Å². The number of anilines is 1. The zero-order valence-electron chi connectivity index (χ0n) is 13.5. The van der Waals surface area contributed by atoms with Crippen LogP contribution in [0.5, 0.6) is 5.75 Å². The van der Waals surface area contributed by atoms with E-state index in [1.807, 2.05) is 18.2 Å². The third-order valence-corrected chi connectivity index (χ3v) is 4.16. The fourth-order valence-corrected chi connectivity index (χ4v) is 2.73. The molecule has 2 aromatic carbocycles. The maximum Gasteiger partial charge on any atom is 0.411 e. The molecule has 0 aromatic heterocycles. The van der Waals surface area contributed by atoms with E-state index in [0.29, 0.717) is 22.6 Å². The van der Waals surface area contributed by atoms with Gasteiger partial charge in [0, 0.05) is 11.1 Å². The Morgan fingerprint density at radius 1 is 1.29 bits per heavy atom. The van der Waals surface area contributed by atoms with Crippen LogP contribution >= 0.6 is 15.9 Å². The molecule has 1 N–H and O–H groups in total. The summed E-state index contributed by atoms with van der Waals surface area (Å²) in [6.07, 6.45) is 1.06. The normalized spacial score (nSPS) is 10.1. The lowest BCUT2D eigenvalue weighted by atomic mass is 10.1. The minimum Gasteiger partial charge on any atom is -0.488 e. The van der Waals surface area contributed by atoms with Crippen molar-refractivity contribution in [2.45, 2.75) is 20.0 Å². The summed E-state index contributed by atoms with van der Waals surface area (Å²) in [6.45, 7) is 2.21. The van der Waals surface area contributed by atoms with Crippen LogP contribution < -0.4 is 10.1 Å². The van der Waals surface area contributed by atoms with Gasteiger partial charge in [0.15, 0.2) is 6.29 Å². The number of nitrogens with one attached hydrogen (secondary N) is 1. The van der Waals surface area contributed by atoms with Gasteiger partial charge >= 0.3 is 6.09 Å². The van der Waals surface area contributed by atoms with E-state index in [1.165, 1.54) is 12.7 Å². The summed E-state index contributed by atoms with van der Waals surface area (Å²) in [4.78, 5) is 22.7. The Morgan fingerprint density at radius 2 is 2.08 bits per heavy atom. The number of methoxy groups -OCH3 is 1. The Bertz CT molecular complexity index is 746. The lowest BCUT2D eigenvalue weighted by Gasteiger charge is -2.14. The SMILES string of the molecule is CCc1ccc(OCc2c(C=O)cccc2NC(=O)OC)c(Br)c1. The van der Waals surface area contributed by atoms with E-state index < -0.39 is 6.09 Å². The molecular formula is C18H18BrNO4. The number of aryl methyl sites for hydroxylation is 1. The molecule has 0 heterocycles. The average molecular weight is 392 g/mol. The highest BCUT2D eigenvalue weighted by molar-refractivity contribution is 9.10. The molecule has 0 bridgehead atoms. The number of hydrogen-bond acceptors (Lipinski definition) is 4. The van der Waals surface area contributed by atoms with Gasteiger partial charge in [-0.25, -0.2) is 4.79 Å². The topological polar surface area (TPSA) is 64.6 Å². The number of rotatable bonds is 6. The second-order valence-corrected chi connectivity index (χ2v) is 5.87. The van der Waals surface area contributed by atoms with Crippen molar-refractivity contribution in [3.8, 4) is 5.75 Å². The summed E-state index contributed by atoms with van der Waals surface area (Å²) >= 11 is 3.48. The van der Waals surface area contributed by atoms with Crippen LogP contribution in [0.3, 0.4) is 0 Å². The third kappa shape index (κ3) is 4.35. The van der Waals surface area contributed by atoms with Gasteiger partial charge < -0.3 is 9.47 Å². The maximum absolute atomic E-state index is 11.5. The lowest BCUT2D eigenvalue weighted by molar-refractivity contribution is 0.112. The van der Waals surface area contributed by atoms with Crippen LogP contribution in [0.2, 0.25) is 0 Å². The highest BCUT2D eigenvalue weighted by Gasteiger charge is 2.12. The second-order valence-electron chi connectivity index (χ2n) is 5.01. The molecule has 0 aliphatic heterocycles. The van der Waals surface area contributed by atoms with Crippen molar-refractivity contribution in [1.82, 2.24) is 0 Å². The molecule has 126 valence electrons. The van der Waals surface area contributed by atoms with Crippen molar-refractivity contribution < 1.29 is 19.1 Å². The third-order valence-electron chi connectivity index (χ3n) is 3.54. The quantitative estimate of drug-likeness (QED) is 0.731. The van der Waals surface area contributed by atoms with Gasteiger partial charge in [-0.05, 0) is 46.1 Å². The number of amides is 1. The molecule has 0 radical (unpaired) electrons. The fraction of sp³-hybridized carbons (Fsp3) is 0.222. The zero-order valence-corrected chi connectivity index (χ0v) is 15.1. The van der Waals surface area contributed by atoms with Gasteiger partial charge in [0.25, 0.3) is 0 Å². The summed E-state index contributed by atoms with van der Waals surface area (Å²) in [5.74, 6) is 0.664. The molecule has 6 heteroatoms. The van der Waals surface area contributed by atoms with Crippen molar-refractivity contribution in [1.29, 1.82) is 0 Å². The molecule has 0 aliphatic carbocycles. The molecule has 0 saturated heterocycles. The first-order chi connectivity index (χ1) is 11.6. The van der Waals surface area contributed by atoms with Crippen molar-refractivity contribution in [3.05, 3.63) is 57.6 Å². The Kier molecular flexibility index (Phi) is 6.37. The molecule has 0 atom stereocenters. The van der Waals surface area contributed by atoms with Gasteiger partial charge in [-0.15, -0.1) is 0 Å². The van der Waals surface area contributed by atoms with E-state index in [2.05, 4.69) is 32.9 Å². The minimum absolute atomic E-state index is 0.137. The highest BCUT2D eigenvalue weighted by Crippen LogP contribution is 2.28. The van der Waals surface area contributed by atoms with Crippen LogP contribution in [0.1, 0.15) is 28.4 Å². The lowest BCUT2D eigenvalue weighted by Crippen LogP contribution is -2.14. The van der Waals surface area contributed by atoms with Gasteiger partial charge in [-0.3, -0.25) is 10.1 Å². The van der Waals surface area contributed by atoms with Crippen molar-refractivity contribution in [3.63, 3.8) is 0 Å². The van der Waals surface area contributed by atoms with Gasteiger partial charge in [-0.1, -0.05) is 25.1 Å². The number of carbonyl (C=O) groups is 2. The van der Waals surface area contributed by atoms with E-state index in [1.54, 1.807) is 18.2 Å². The first kappa shape index (κ1) is 18.0. The molecule has 1 amide bonds. The van der Waals surface area contributed by atoms with Gasteiger partial charge in [-0.2, -0.15) is 0 Å². The van der Waals surface area contributed by atoms with Crippen LogP contribution in [0.25, 0.3) is 0 Å². The van der Waals surface area contributed by atoms with E-state index in [-0.39, 0.29) is 6.61 Å². The van der Waals surface area contributed by atoms with E-state index in [4.69, 9.17) is 4.74 Å². The zero-order chi connectivity index (χ0) is 17.5. The molecular weight excluding hydrogens is 374 g/mol. The summed E-state index contributed by atoms with van der Waals surface area (Å²) in [7, 11) is 1.28. The molecule has 0 fully saturated rings. The van der Waals surface area contributed by atoms with Gasteiger partial charge in [0.2, 0.25) is 0 Å².